The number of hydrogen-bond acceptors (Lipinski definition) is 7. The average molecular weight is 417 g/mol. The van der Waals surface area contributed by atoms with Crippen LogP contribution in [-0.2, 0) is 19.1 Å². The summed E-state index contributed by atoms with van der Waals surface area (Å²) in [6.07, 6.45) is 0.115. The van der Waals surface area contributed by atoms with Gasteiger partial charge in [-0.15, -0.1) is 0 Å². The van der Waals surface area contributed by atoms with Crippen molar-refractivity contribution in [3.8, 4) is 5.75 Å². The Hall–Kier alpha value is -3.03. The van der Waals surface area contributed by atoms with E-state index in [4.69, 9.17) is 18.6 Å². The Kier molecular flexibility index (Phi) is 6.64. The minimum absolute atomic E-state index is 0.0684. The van der Waals surface area contributed by atoms with Crippen LogP contribution in [-0.4, -0.2) is 55.7 Å². The molecule has 2 heterocycles. The van der Waals surface area contributed by atoms with Crippen LogP contribution in [0, 0.1) is 12.8 Å². The molecule has 1 aliphatic heterocycles. The molecule has 1 aromatic heterocycles. The van der Waals surface area contributed by atoms with Crippen molar-refractivity contribution < 1.29 is 33.0 Å². The number of rotatable bonds is 6. The maximum absolute atomic E-state index is 12.7. The van der Waals surface area contributed by atoms with Crippen molar-refractivity contribution >= 4 is 28.8 Å². The number of likely N-dealkylation sites (tertiary alicyclic amines) is 1. The maximum Gasteiger partial charge on any atom is 0.375 e. The lowest BCUT2D eigenvalue weighted by Gasteiger charge is -2.32. The predicted octanol–water partition coefficient (Wildman–Crippen LogP) is 3.10. The highest BCUT2D eigenvalue weighted by Gasteiger charge is 2.32. The van der Waals surface area contributed by atoms with Gasteiger partial charge in [-0.2, -0.15) is 0 Å². The molecule has 8 nitrogen and oxygen atoms in total. The van der Waals surface area contributed by atoms with E-state index in [1.165, 1.54) is 0 Å². The molecule has 8 heteroatoms. The van der Waals surface area contributed by atoms with Crippen molar-refractivity contribution in [3.63, 3.8) is 0 Å². The molecule has 1 saturated heterocycles. The number of fused-ring (bicyclic) bond motifs is 1. The minimum Gasteiger partial charge on any atom is -0.497 e. The van der Waals surface area contributed by atoms with Crippen molar-refractivity contribution in [3.05, 3.63) is 29.5 Å². The van der Waals surface area contributed by atoms with Gasteiger partial charge >= 0.3 is 11.9 Å². The monoisotopic (exact) mass is 417 g/mol. The summed E-state index contributed by atoms with van der Waals surface area (Å²) in [6.45, 7) is 6.26. The topological polar surface area (TPSA) is 95.3 Å². The summed E-state index contributed by atoms with van der Waals surface area (Å²) in [4.78, 5) is 38.8. The molecule has 1 aliphatic rings. The molecule has 30 heavy (non-hydrogen) atoms. The van der Waals surface area contributed by atoms with Gasteiger partial charge in [0.15, 0.2) is 6.10 Å². The fourth-order valence-corrected chi connectivity index (χ4v) is 3.64. The zero-order valence-corrected chi connectivity index (χ0v) is 17.7. The third-order valence-electron chi connectivity index (χ3n) is 5.39. The molecular formula is C22H27NO7. The van der Waals surface area contributed by atoms with E-state index >= 15 is 0 Å². The number of ether oxygens (including phenoxy) is 3. The fourth-order valence-electron chi connectivity index (χ4n) is 3.64. The number of furan rings is 1. The van der Waals surface area contributed by atoms with Crippen LogP contribution in [0.1, 0.15) is 42.8 Å². The largest absolute Gasteiger partial charge is 0.497 e. The van der Waals surface area contributed by atoms with Crippen molar-refractivity contribution in [2.24, 2.45) is 5.92 Å². The first kappa shape index (κ1) is 21.7. The van der Waals surface area contributed by atoms with Gasteiger partial charge in [0, 0.05) is 24.0 Å². The smallest absolute Gasteiger partial charge is 0.375 e. The zero-order chi connectivity index (χ0) is 21.8. The van der Waals surface area contributed by atoms with Crippen molar-refractivity contribution in [1.29, 1.82) is 0 Å². The number of benzene rings is 1. The number of nitrogens with zero attached hydrogens (tertiary/aromatic N) is 1. The molecular weight excluding hydrogens is 390 g/mol. The molecule has 0 spiro atoms. The van der Waals surface area contributed by atoms with Gasteiger partial charge in [-0.1, -0.05) is 0 Å². The summed E-state index contributed by atoms with van der Waals surface area (Å²) >= 11 is 0. The van der Waals surface area contributed by atoms with Crippen LogP contribution < -0.4 is 4.74 Å². The predicted molar refractivity (Wildman–Crippen MR) is 108 cm³/mol. The Bertz CT molecular complexity index is 940. The third-order valence-corrected chi connectivity index (χ3v) is 5.39. The lowest BCUT2D eigenvalue weighted by Crippen LogP contribution is -2.45. The number of hydrogen-bond donors (Lipinski definition) is 0. The Labute approximate surface area is 175 Å². The molecule has 0 aliphatic carbocycles. The van der Waals surface area contributed by atoms with Gasteiger partial charge in [0.05, 0.1) is 19.6 Å². The molecule has 3 rings (SSSR count). The average Bonchev–Trinajstić information content (AvgIpc) is 3.09. The maximum atomic E-state index is 12.7. The Morgan fingerprint density at radius 1 is 1.23 bits per heavy atom. The van der Waals surface area contributed by atoms with Gasteiger partial charge in [-0.05, 0) is 51.8 Å². The number of piperidine rings is 1. The van der Waals surface area contributed by atoms with E-state index in [0.29, 0.717) is 49.4 Å². The molecule has 1 fully saturated rings. The highest BCUT2D eigenvalue weighted by molar-refractivity contribution is 5.97. The highest BCUT2D eigenvalue weighted by Crippen LogP contribution is 2.29. The molecule has 2 aromatic rings. The van der Waals surface area contributed by atoms with Gasteiger partial charge in [0.2, 0.25) is 5.76 Å². The molecule has 0 N–H and O–H groups in total. The SMILES string of the molecule is CCOC(=O)C1CCN(C(=O)[C@@H](C)OC(=O)c2oc3ccc(OC)cc3c2C)CC1. The molecule has 0 unspecified atom stereocenters. The lowest BCUT2D eigenvalue weighted by atomic mass is 9.97. The van der Waals surface area contributed by atoms with Gasteiger partial charge in [-0.25, -0.2) is 4.79 Å². The first-order valence-electron chi connectivity index (χ1n) is 10.1. The van der Waals surface area contributed by atoms with E-state index in [0.717, 1.165) is 5.39 Å². The summed E-state index contributed by atoms with van der Waals surface area (Å²) in [5, 5.41) is 0.751. The van der Waals surface area contributed by atoms with Crippen LogP contribution in [0.15, 0.2) is 22.6 Å². The lowest BCUT2D eigenvalue weighted by molar-refractivity contribution is -0.152. The normalized spacial score (nSPS) is 15.7. The molecule has 1 aromatic carbocycles. The van der Waals surface area contributed by atoms with Gasteiger partial charge in [0.1, 0.15) is 11.3 Å². The van der Waals surface area contributed by atoms with E-state index in [1.807, 2.05) is 0 Å². The molecule has 0 saturated carbocycles. The Morgan fingerprint density at radius 3 is 2.57 bits per heavy atom. The Balaban J connectivity index is 1.62. The van der Waals surface area contributed by atoms with E-state index in [2.05, 4.69) is 0 Å². The number of amides is 1. The van der Waals surface area contributed by atoms with E-state index in [-0.39, 0.29) is 23.6 Å². The second kappa shape index (κ2) is 9.19. The summed E-state index contributed by atoms with van der Waals surface area (Å²) in [7, 11) is 1.56. The molecule has 1 amide bonds. The number of carbonyl (C=O) groups excluding carboxylic acids is 3. The molecule has 162 valence electrons. The van der Waals surface area contributed by atoms with Gasteiger partial charge < -0.3 is 23.5 Å². The van der Waals surface area contributed by atoms with E-state index < -0.39 is 12.1 Å². The first-order valence-corrected chi connectivity index (χ1v) is 10.1. The number of carbonyl (C=O) groups is 3. The van der Waals surface area contributed by atoms with Gasteiger partial charge in [0.25, 0.3) is 5.91 Å². The van der Waals surface area contributed by atoms with Crippen LogP contribution in [0.3, 0.4) is 0 Å². The third kappa shape index (κ3) is 4.42. The zero-order valence-electron chi connectivity index (χ0n) is 17.7. The van der Waals surface area contributed by atoms with Crippen molar-refractivity contribution in [1.82, 2.24) is 4.90 Å². The van der Waals surface area contributed by atoms with Crippen molar-refractivity contribution in [2.45, 2.75) is 39.7 Å². The summed E-state index contributed by atoms with van der Waals surface area (Å²) in [5.41, 5.74) is 1.17. The van der Waals surface area contributed by atoms with Crippen LogP contribution >= 0.6 is 0 Å². The van der Waals surface area contributed by atoms with Crippen LogP contribution in [0.2, 0.25) is 0 Å². The highest BCUT2D eigenvalue weighted by atomic mass is 16.6. The molecule has 0 radical (unpaired) electrons. The first-order chi connectivity index (χ1) is 14.3. The quantitative estimate of drug-likeness (QED) is 0.667. The fraction of sp³-hybridized carbons (Fsp3) is 0.500. The van der Waals surface area contributed by atoms with Crippen LogP contribution in [0.25, 0.3) is 11.0 Å². The minimum atomic E-state index is -0.959. The molecule has 0 bridgehead atoms. The number of esters is 2. The second-order valence-electron chi connectivity index (χ2n) is 7.32. The Morgan fingerprint density at radius 2 is 1.93 bits per heavy atom. The van der Waals surface area contributed by atoms with Crippen LogP contribution in [0.5, 0.6) is 5.75 Å². The standard InChI is InChI=1S/C22H27NO7/c1-5-28-21(25)15-8-10-23(11-9-15)20(24)14(3)29-22(26)19-13(2)17-12-16(27-4)6-7-18(17)30-19/h6-7,12,14-15H,5,8-11H2,1-4H3/t14-/m1/s1. The van der Waals surface area contributed by atoms with Crippen LogP contribution in [0.4, 0.5) is 0 Å². The van der Waals surface area contributed by atoms with Crippen molar-refractivity contribution in [2.75, 3.05) is 26.8 Å². The van der Waals surface area contributed by atoms with E-state index in [1.54, 1.807) is 51.0 Å². The summed E-state index contributed by atoms with van der Waals surface area (Å²) in [6, 6.07) is 5.25. The van der Waals surface area contributed by atoms with E-state index in [9.17, 15) is 14.4 Å². The number of aryl methyl sites for hydroxylation is 1. The summed E-state index contributed by atoms with van der Waals surface area (Å²) in [5.74, 6) is -0.672. The second-order valence-corrected chi connectivity index (χ2v) is 7.32. The molecule has 1 atom stereocenters. The summed E-state index contributed by atoms with van der Waals surface area (Å²) < 4.78 is 21.3. The van der Waals surface area contributed by atoms with Gasteiger partial charge in [-0.3, -0.25) is 9.59 Å². The number of methoxy groups -OCH3 is 1.